The Labute approximate surface area is 160 Å². The molecule has 0 aliphatic rings. The van der Waals surface area contributed by atoms with Crippen molar-refractivity contribution in [3.05, 3.63) is 96.6 Å². The summed E-state index contributed by atoms with van der Waals surface area (Å²) < 4.78 is 5.66. The number of anilines is 1. The Kier molecular flexibility index (Phi) is 6.87. The lowest BCUT2D eigenvalue weighted by atomic mass is 10.2. The second-order valence-electron chi connectivity index (χ2n) is 6.15. The molecule has 138 valence electrons. The van der Waals surface area contributed by atoms with Gasteiger partial charge in [0.05, 0.1) is 13.2 Å². The van der Waals surface area contributed by atoms with Gasteiger partial charge in [-0.05, 0) is 36.2 Å². The molecular formula is C23H24N2O2. The number of nitrogens with zero attached hydrogens (tertiary/aromatic N) is 1. The van der Waals surface area contributed by atoms with E-state index in [2.05, 4.69) is 5.32 Å². The fourth-order valence-electron chi connectivity index (χ4n) is 2.72. The Balaban J connectivity index is 1.53. The van der Waals surface area contributed by atoms with Gasteiger partial charge in [0.2, 0.25) is 0 Å². The first-order valence-electron chi connectivity index (χ1n) is 9.15. The van der Waals surface area contributed by atoms with Crippen molar-refractivity contribution in [2.75, 3.05) is 18.1 Å². The van der Waals surface area contributed by atoms with Crippen molar-refractivity contribution >= 4 is 11.7 Å². The molecule has 1 N–H and O–H groups in total. The van der Waals surface area contributed by atoms with Gasteiger partial charge in [-0.3, -0.25) is 4.90 Å². The first-order valence-corrected chi connectivity index (χ1v) is 9.15. The Morgan fingerprint density at radius 2 is 1.41 bits per heavy atom. The van der Waals surface area contributed by atoms with Gasteiger partial charge in [-0.15, -0.1) is 0 Å². The molecule has 3 aromatic carbocycles. The van der Waals surface area contributed by atoms with Crippen molar-refractivity contribution in [1.29, 1.82) is 0 Å². The van der Waals surface area contributed by atoms with Crippen LogP contribution in [0.4, 0.5) is 10.5 Å². The summed E-state index contributed by atoms with van der Waals surface area (Å²) in [7, 11) is 0. The van der Waals surface area contributed by atoms with Gasteiger partial charge in [-0.25, -0.2) is 4.79 Å². The van der Waals surface area contributed by atoms with Gasteiger partial charge in [-0.2, -0.15) is 0 Å². The summed E-state index contributed by atoms with van der Waals surface area (Å²) in [5.74, 6) is 0.846. The molecule has 0 aliphatic carbocycles. The minimum Gasteiger partial charge on any atom is -0.494 e. The van der Waals surface area contributed by atoms with Gasteiger partial charge >= 0.3 is 6.03 Å². The van der Waals surface area contributed by atoms with Crippen LogP contribution in [0.3, 0.4) is 0 Å². The number of amides is 2. The topological polar surface area (TPSA) is 41.6 Å². The van der Waals surface area contributed by atoms with E-state index < -0.39 is 0 Å². The fraction of sp³-hybridized carbons (Fsp3) is 0.174. The summed E-state index contributed by atoms with van der Waals surface area (Å²) in [6.07, 6.45) is 0.745. The van der Waals surface area contributed by atoms with Crippen LogP contribution in [-0.4, -0.2) is 19.2 Å². The van der Waals surface area contributed by atoms with E-state index in [9.17, 15) is 4.79 Å². The van der Waals surface area contributed by atoms with Crippen molar-refractivity contribution in [3.63, 3.8) is 0 Å². The number of benzene rings is 3. The molecule has 0 saturated carbocycles. The van der Waals surface area contributed by atoms with Crippen LogP contribution < -0.4 is 15.0 Å². The van der Waals surface area contributed by atoms with E-state index in [0.29, 0.717) is 19.7 Å². The van der Waals surface area contributed by atoms with Gasteiger partial charge in [0.1, 0.15) is 5.75 Å². The van der Waals surface area contributed by atoms with Gasteiger partial charge in [0.25, 0.3) is 0 Å². The third kappa shape index (κ3) is 5.89. The number of rotatable bonds is 8. The maximum Gasteiger partial charge on any atom is 0.322 e. The lowest BCUT2D eigenvalue weighted by Crippen LogP contribution is -2.40. The minimum atomic E-state index is -0.107. The van der Waals surface area contributed by atoms with Gasteiger partial charge in [0, 0.05) is 12.2 Å². The van der Waals surface area contributed by atoms with Crippen molar-refractivity contribution < 1.29 is 9.53 Å². The van der Waals surface area contributed by atoms with Crippen LogP contribution in [0.25, 0.3) is 0 Å². The highest BCUT2D eigenvalue weighted by atomic mass is 16.5. The van der Waals surface area contributed by atoms with E-state index in [-0.39, 0.29) is 6.03 Å². The molecule has 3 aromatic rings. The summed E-state index contributed by atoms with van der Waals surface area (Å²) >= 11 is 0. The number of urea groups is 1. The Morgan fingerprint density at radius 1 is 0.815 bits per heavy atom. The van der Waals surface area contributed by atoms with E-state index in [4.69, 9.17) is 4.74 Å². The van der Waals surface area contributed by atoms with E-state index in [1.165, 1.54) is 0 Å². The molecule has 0 fully saturated rings. The molecule has 0 aliphatic heterocycles. The first kappa shape index (κ1) is 18.5. The van der Waals surface area contributed by atoms with Gasteiger partial charge in [0.15, 0.2) is 0 Å². The van der Waals surface area contributed by atoms with E-state index >= 15 is 0 Å². The smallest absolute Gasteiger partial charge is 0.322 e. The summed E-state index contributed by atoms with van der Waals surface area (Å²) in [5, 5.41) is 2.99. The minimum absolute atomic E-state index is 0.107. The lowest BCUT2D eigenvalue weighted by molar-refractivity contribution is 0.244. The molecule has 0 spiro atoms. The molecule has 0 unspecified atom stereocenters. The number of nitrogens with one attached hydrogen (secondary N) is 1. The van der Waals surface area contributed by atoms with Crippen LogP contribution in [0.1, 0.15) is 12.0 Å². The summed E-state index contributed by atoms with van der Waals surface area (Å²) in [5.41, 5.74) is 1.96. The molecule has 2 amide bonds. The van der Waals surface area contributed by atoms with Crippen LogP contribution in [0.15, 0.2) is 91.0 Å². The molecule has 0 saturated heterocycles. The van der Waals surface area contributed by atoms with E-state index in [0.717, 1.165) is 23.4 Å². The summed E-state index contributed by atoms with van der Waals surface area (Å²) in [4.78, 5) is 14.5. The molecule has 0 atom stereocenters. The Morgan fingerprint density at radius 3 is 2.07 bits per heavy atom. The second kappa shape index (κ2) is 10.0. The molecule has 4 nitrogen and oxygen atoms in total. The second-order valence-corrected chi connectivity index (χ2v) is 6.15. The van der Waals surface area contributed by atoms with E-state index in [1.807, 2.05) is 91.0 Å². The predicted octanol–water partition coefficient (Wildman–Crippen LogP) is 4.87. The third-order valence-corrected chi connectivity index (χ3v) is 4.11. The van der Waals surface area contributed by atoms with Crippen molar-refractivity contribution in [2.24, 2.45) is 0 Å². The molecular weight excluding hydrogens is 336 g/mol. The highest BCUT2D eigenvalue weighted by Crippen LogP contribution is 2.17. The third-order valence-electron chi connectivity index (χ3n) is 4.11. The lowest BCUT2D eigenvalue weighted by Gasteiger charge is -2.23. The maximum absolute atomic E-state index is 12.8. The average molecular weight is 360 g/mol. The SMILES string of the molecule is O=C(NCCCOc1ccccc1)N(Cc1ccccc1)c1ccccc1. The number of para-hydroxylation sites is 2. The molecule has 0 heterocycles. The average Bonchev–Trinajstić information content (AvgIpc) is 2.74. The Hall–Kier alpha value is -3.27. The number of hydrogen-bond donors (Lipinski definition) is 1. The standard InChI is InChI=1S/C23H24N2O2/c26-23(24-17-10-18-27-22-15-8-3-9-16-22)25(21-13-6-2-7-14-21)19-20-11-4-1-5-12-20/h1-9,11-16H,10,17-19H2,(H,24,26). The Bertz CT molecular complexity index is 808. The van der Waals surface area contributed by atoms with Crippen LogP contribution >= 0.6 is 0 Å². The quantitative estimate of drug-likeness (QED) is 0.582. The molecule has 0 bridgehead atoms. The van der Waals surface area contributed by atoms with E-state index in [1.54, 1.807) is 4.90 Å². The van der Waals surface area contributed by atoms with Gasteiger partial charge in [-0.1, -0.05) is 66.7 Å². The zero-order chi connectivity index (χ0) is 18.7. The van der Waals surface area contributed by atoms with Crippen LogP contribution in [0.5, 0.6) is 5.75 Å². The maximum atomic E-state index is 12.8. The largest absolute Gasteiger partial charge is 0.494 e. The van der Waals surface area contributed by atoms with Crippen molar-refractivity contribution in [2.45, 2.75) is 13.0 Å². The monoisotopic (exact) mass is 360 g/mol. The van der Waals surface area contributed by atoms with Crippen molar-refractivity contribution in [1.82, 2.24) is 5.32 Å². The highest BCUT2D eigenvalue weighted by molar-refractivity contribution is 5.91. The fourth-order valence-corrected chi connectivity index (χ4v) is 2.72. The van der Waals surface area contributed by atoms with Crippen LogP contribution in [0, 0.1) is 0 Å². The van der Waals surface area contributed by atoms with Gasteiger partial charge < -0.3 is 10.1 Å². The number of hydrogen-bond acceptors (Lipinski definition) is 2. The number of carbonyl (C=O) groups is 1. The molecule has 3 rings (SSSR count). The predicted molar refractivity (Wildman–Crippen MR) is 109 cm³/mol. The zero-order valence-corrected chi connectivity index (χ0v) is 15.3. The summed E-state index contributed by atoms with van der Waals surface area (Å²) in [6.45, 7) is 1.65. The zero-order valence-electron chi connectivity index (χ0n) is 15.3. The number of carbonyl (C=O) groups excluding carboxylic acids is 1. The molecule has 0 radical (unpaired) electrons. The molecule has 0 aromatic heterocycles. The number of ether oxygens (including phenoxy) is 1. The van der Waals surface area contributed by atoms with Crippen molar-refractivity contribution in [3.8, 4) is 5.75 Å². The molecule has 4 heteroatoms. The van der Waals surface area contributed by atoms with Crippen LogP contribution in [0.2, 0.25) is 0 Å². The molecule has 27 heavy (non-hydrogen) atoms. The summed E-state index contributed by atoms with van der Waals surface area (Å²) in [6, 6.07) is 29.3. The highest BCUT2D eigenvalue weighted by Gasteiger charge is 2.15. The van der Waals surface area contributed by atoms with Crippen LogP contribution in [-0.2, 0) is 6.54 Å². The first-order chi connectivity index (χ1) is 13.3. The normalized spacial score (nSPS) is 10.2.